The molecule has 2 amide bonds. The molecule has 1 aromatic carbocycles. The van der Waals surface area contributed by atoms with Gasteiger partial charge in [-0.2, -0.15) is 0 Å². The van der Waals surface area contributed by atoms with Crippen LogP contribution in [0.25, 0.3) is 0 Å². The molecule has 2 unspecified atom stereocenters. The van der Waals surface area contributed by atoms with Gasteiger partial charge in [0.05, 0.1) is 6.10 Å². The molecular weight excluding hydrogens is 276 g/mol. The van der Waals surface area contributed by atoms with Gasteiger partial charge in [0.2, 0.25) is 0 Å². The third kappa shape index (κ3) is 2.98. The van der Waals surface area contributed by atoms with E-state index >= 15 is 0 Å². The van der Waals surface area contributed by atoms with E-state index in [-0.39, 0.29) is 17.4 Å². The third-order valence-electron chi connectivity index (χ3n) is 5.35. The van der Waals surface area contributed by atoms with Crippen LogP contribution in [0.3, 0.4) is 0 Å². The number of β-amino-alcohol motifs (C(OH)–C–C–N with tert-alkyl or cyclic N) is 1. The smallest absolute Gasteiger partial charge is 0.317 e. The summed E-state index contributed by atoms with van der Waals surface area (Å²) in [6.07, 6.45) is 2.75. The number of nitrogens with zero attached hydrogens (tertiary/aromatic N) is 1. The summed E-state index contributed by atoms with van der Waals surface area (Å²) in [4.78, 5) is 14.1. The molecule has 1 aromatic rings. The number of rotatable bonds is 3. The number of aliphatic hydroxyl groups excluding tert-OH is 1. The first kappa shape index (κ1) is 15.3. The number of carbonyl (C=O) groups is 1. The highest BCUT2D eigenvalue weighted by Gasteiger charge is 2.45. The Morgan fingerprint density at radius 3 is 2.77 bits per heavy atom. The number of carbonyl (C=O) groups excluding carboxylic acids is 1. The summed E-state index contributed by atoms with van der Waals surface area (Å²) in [5.74, 6) is 0.283. The average molecular weight is 302 g/mol. The van der Waals surface area contributed by atoms with Crippen molar-refractivity contribution in [3.05, 3.63) is 35.4 Å². The molecular formula is C18H26N2O2. The zero-order chi connectivity index (χ0) is 15.7. The van der Waals surface area contributed by atoms with E-state index < -0.39 is 6.10 Å². The highest BCUT2D eigenvalue weighted by molar-refractivity contribution is 5.74. The van der Waals surface area contributed by atoms with Crippen LogP contribution >= 0.6 is 0 Å². The number of aliphatic hydroxyl groups is 1. The molecule has 2 N–H and O–H groups in total. The Labute approximate surface area is 132 Å². The number of aryl methyl sites for hydroxylation is 1. The second-order valence-corrected chi connectivity index (χ2v) is 7.03. The van der Waals surface area contributed by atoms with E-state index in [2.05, 4.69) is 36.5 Å². The lowest BCUT2D eigenvalue weighted by molar-refractivity contribution is 0.0435. The van der Waals surface area contributed by atoms with Crippen LogP contribution < -0.4 is 5.32 Å². The van der Waals surface area contributed by atoms with E-state index in [4.69, 9.17) is 0 Å². The normalized spacial score (nSPS) is 26.6. The number of hydrogen-bond acceptors (Lipinski definition) is 2. The fourth-order valence-corrected chi connectivity index (χ4v) is 3.45. The van der Waals surface area contributed by atoms with E-state index in [0.29, 0.717) is 13.1 Å². The molecule has 120 valence electrons. The fraction of sp³-hybridized carbons (Fsp3) is 0.611. The molecule has 2 fully saturated rings. The van der Waals surface area contributed by atoms with Crippen LogP contribution in [0.2, 0.25) is 0 Å². The minimum absolute atomic E-state index is 0.0363. The van der Waals surface area contributed by atoms with Crippen LogP contribution in [-0.4, -0.2) is 41.8 Å². The van der Waals surface area contributed by atoms with Crippen LogP contribution in [0.1, 0.15) is 37.3 Å². The number of likely N-dealkylation sites (tertiary alicyclic amines) is 1. The summed E-state index contributed by atoms with van der Waals surface area (Å²) < 4.78 is 0. The Kier molecular flexibility index (Phi) is 4.13. The highest BCUT2D eigenvalue weighted by atomic mass is 16.3. The van der Waals surface area contributed by atoms with Gasteiger partial charge in [-0.25, -0.2) is 4.79 Å². The van der Waals surface area contributed by atoms with Crippen molar-refractivity contribution in [2.75, 3.05) is 19.6 Å². The van der Waals surface area contributed by atoms with Crippen molar-refractivity contribution < 1.29 is 9.90 Å². The molecule has 2 atom stereocenters. The van der Waals surface area contributed by atoms with Gasteiger partial charge in [0.1, 0.15) is 0 Å². The second kappa shape index (κ2) is 5.92. The van der Waals surface area contributed by atoms with Crippen LogP contribution in [0.5, 0.6) is 0 Å². The topological polar surface area (TPSA) is 52.6 Å². The first-order valence-electron chi connectivity index (χ1n) is 8.29. The lowest BCUT2D eigenvalue weighted by atomic mass is 9.92. The van der Waals surface area contributed by atoms with E-state index in [1.54, 1.807) is 4.90 Å². The van der Waals surface area contributed by atoms with Crippen molar-refractivity contribution in [3.63, 3.8) is 0 Å². The number of benzene rings is 1. The van der Waals surface area contributed by atoms with Crippen molar-refractivity contribution >= 4 is 6.03 Å². The molecule has 4 heteroatoms. The number of piperidine rings is 1. The molecule has 4 nitrogen and oxygen atoms in total. The Bertz CT molecular complexity index is 554. The predicted molar refractivity (Wildman–Crippen MR) is 86.9 cm³/mol. The lowest BCUT2D eigenvalue weighted by Crippen LogP contribution is -2.50. The van der Waals surface area contributed by atoms with E-state index in [1.165, 1.54) is 11.1 Å². The van der Waals surface area contributed by atoms with E-state index in [9.17, 15) is 9.90 Å². The Hall–Kier alpha value is -1.55. The maximum atomic E-state index is 12.3. The molecule has 1 aliphatic heterocycles. The van der Waals surface area contributed by atoms with Crippen molar-refractivity contribution in [2.24, 2.45) is 5.92 Å². The predicted octanol–water partition coefficient (Wildman–Crippen LogP) is 2.44. The Balaban J connectivity index is 1.59. The van der Waals surface area contributed by atoms with Gasteiger partial charge in [0, 0.05) is 25.0 Å². The Morgan fingerprint density at radius 1 is 1.41 bits per heavy atom. The van der Waals surface area contributed by atoms with Gasteiger partial charge in [0.15, 0.2) is 0 Å². The minimum atomic E-state index is -0.397. The molecule has 0 aromatic heterocycles. The van der Waals surface area contributed by atoms with Gasteiger partial charge < -0.3 is 15.3 Å². The minimum Gasteiger partial charge on any atom is -0.391 e. The summed E-state index contributed by atoms with van der Waals surface area (Å²) in [7, 11) is 0. The van der Waals surface area contributed by atoms with Crippen LogP contribution in [0.15, 0.2) is 24.3 Å². The van der Waals surface area contributed by atoms with Gasteiger partial charge in [-0.1, -0.05) is 31.2 Å². The fourth-order valence-electron chi connectivity index (χ4n) is 3.45. The first-order chi connectivity index (χ1) is 10.5. The van der Waals surface area contributed by atoms with Gasteiger partial charge >= 0.3 is 6.03 Å². The third-order valence-corrected chi connectivity index (χ3v) is 5.35. The molecule has 1 heterocycles. The van der Waals surface area contributed by atoms with Crippen LogP contribution in [0.4, 0.5) is 4.79 Å². The molecule has 3 rings (SSSR count). The van der Waals surface area contributed by atoms with Crippen LogP contribution in [-0.2, 0) is 5.41 Å². The summed E-state index contributed by atoms with van der Waals surface area (Å²) in [5.41, 5.74) is 2.79. The summed E-state index contributed by atoms with van der Waals surface area (Å²) in [6, 6.07) is 8.42. The molecule has 1 saturated heterocycles. The standard InChI is InChI=1S/C18H26N2O2/c1-13-5-3-4-6-15(13)18(8-9-18)12-19-17(22)20-10-7-14(2)16(21)11-20/h3-6,14,16,21H,7-12H2,1-2H3,(H,19,22). The quantitative estimate of drug-likeness (QED) is 0.901. The Morgan fingerprint density at radius 2 is 2.14 bits per heavy atom. The molecule has 1 saturated carbocycles. The summed E-state index contributed by atoms with van der Waals surface area (Å²) in [5, 5.41) is 13.0. The maximum absolute atomic E-state index is 12.3. The monoisotopic (exact) mass is 302 g/mol. The molecule has 2 aliphatic rings. The number of amides is 2. The lowest BCUT2D eigenvalue weighted by Gasteiger charge is -2.34. The first-order valence-corrected chi connectivity index (χ1v) is 8.29. The number of urea groups is 1. The van der Waals surface area contributed by atoms with Gasteiger partial charge in [-0.05, 0) is 43.2 Å². The average Bonchev–Trinajstić information content (AvgIpc) is 3.29. The van der Waals surface area contributed by atoms with Crippen LogP contribution in [0, 0.1) is 12.8 Å². The molecule has 0 bridgehead atoms. The molecule has 22 heavy (non-hydrogen) atoms. The van der Waals surface area contributed by atoms with E-state index in [1.807, 2.05) is 6.92 Å². The largest absolute Gasteiger partial charge is 0.391 e. The van der Waals surface area contributed by atoms with Gasteiger partial charge in [0.25, 0.3) is 0 Å². The van der Waals surface area contributed by atoms with Gasteiger partial charge in [-0.3, -0.25) is 0 Å². The highest BCUT2D eigenvalue weighted by Crippen LogP contribution is 2.48. The molecule has 1 aliphatic carbocycles. The van der Waals surface area contributed by atoms with Gasteiger partial charge in [-0.15, -0.1) is 0 Å². The van der Waals surface area contributed by atoms with Crippen molar-refractivity contribution in [3.8, 4) is 0 Å². The zero-order valence-electron chi connectivity index (χ0n) is 13.5. The molecule has 0 spiro atoms. The van der Waals surface area contributed by atoms with Crippen molar-refractivity contribution in [2.45, 2.75) is 44.6 Å². The van der Waals surface area contributed by atoms with Crippen molar-refractivity contribution in [1.82, 2.24) is 10.2 Å². The maximum Gasteiger partial charge on any atom is 0.317 e. The summed E-state index contributed by atoms with van der Waals surface area (Å²) in [6.45, 7) is 6.06. The number of hydrogen-bond donors (Lipinski definition) is 2. The zero-order valence-corrected chi connectivity index (χ0v) is 13.5. The van der Waals surface area contributed by atoms with E-state index in [0.717, 1.165) is 25.8 Å². The SMILES string of the molecule is Cc1ccccc1C1(CNC(=O)N2CCC(C)C(O)C2)CC1. The van der Waals surface area contributed by atoms with Crippen molar-refractivity contribution in [1.29, 1.82) is 0 Å². The second-order valence-electron chi connectivity index (χ2n) is 7.03. The number of nitrogens with one attached hydrogen (secondary N) is 1. The molecule has 0 radical (unpaired) electrons. The summed E-state index contributed by atoms with van der Waals surface area (Å²) >= 11 is 0.